The fourth-order valence-electron chi connectivity index (χ4n) is 3.30. The van der Waals surface area contributed by atoms with Crippen molar-refractivity contribution in [2.24, 2.45) is 0 Å². The Morgan fingerprint density at radius 2 is 1.44 bits per heavy atom. The SMILES string of the molecule is CCOC1N(c2ccccc2)c2ncc(C(C)C)nc2N1c1ccccc1. The van der Waals surface area contributed by atoms with Crippen LogP contribution in [0.5, 0.6) is 0 Å². The highest BCUT2D eigenvalue weighted by Crippen LogP contribution is 2.45. The van der Waals surface area contributed by atoms with Gasteiger partial charge in [-0.15, -0.1) is 0 Å². The van der Waals surface area contributed by atoms with Crippen LogP contribution >= 0.6 is 0 Å². The van der Waals surface area contributed by atoms with Gasteiger partial charge in [-0.1, -0.05) is 50.2 Å². The third kappa shape index (κ3) is 3.15. The molecule has 4 rings (SSSR count). The summed E-state index contributed by atoms with van der Waals surface area (Å²) in [5.74, 6) is 1.94. The Balaban J connectivity index is 1.91. The number of aromatic nitrogens is 2. The fourth-order valence-corrected chi connectivity index (χ4v) is 3.30. The largest absolute Gasteiger partial charge is 0.340 e. The highest BCUT2D eigenvalue weighted by molar-refractivity contribution is 5.82. The zero-order valence-electron chi connectivity index (χ0n) is 15.9. The normalized spacial score (nSPS) is 16.1. The maximum atomic E-state index is 6.19. The number of benzene rings is 2. The Labute approximate surface area is 160 Å². The molecule has 1 atom stereocenters. The third-order valence-corrected chi connectivity index (χ3v) is 4.63. The first-order valence-corrected chi connectivity index (χ1v) is 9.37. The summed E-state index contributed by atoms with van der Waals surface area (Å²) in [7, 11) is 0. The van der Waals surface area contributed by atoms with Gasteiger partial charge in [0.1, 0.15) is 0 Å². The maximum Gasteiger partial charge on any atom is 0.221 e. The molecule has 0 fully saturated rings. The molecule has 0 aliphatic carbocycles. The van der Waals surface area contributed by atoms with Gasteiger partial charge in [0.25, 0.3) is 0 Å². The lowest BCUT2D eigenvalue weighted by atomic mass is 10.1. The van der Waals surface area contributed by atoms with Gasteiger partial charge in [0.15, 0.2) is 11.6 Å². The number of fused-ring (bicyclic) bond motifs is 1. The van der Waals surface area contributed by atoms with Crippen LogP contribution < -0.4 is 9.80 Å². The number of nitrogens with zero attached hydrogens (tertiary/aromatic N) is 4. The monoisotopic (exact) mass is 360 g/mol. The van der Waals surface area contributed by atoms with Gasteiger partial charge in [-0.05, 0) is 37.1 Å². The molecule has 2 heterocycles. The van der Waals surface area contributed by atoms with Crippen LogP contribution in [0.2, 0.25) is 0 Å². The first-order valence-electron chi connectivity index (χ1n) is 9.37. The predicted molar refractivity (Wildman–Crippen MR) is 109 cm³/mol. The summed E-state index contributed by atoms with van der Waals surface area (Å²) < 4.78 is 6.19. The van der Waals surface area contributed by atoms with E-state index in [1.807, 2.05) is 49.5 Å². The highest BCUT2D eigenvalue weighted by Gasteiger charge is 2.41. The average molecular weight is 360 g/mol. The summed E-state index contributed by atoms with van der Waals surface area (Å²) in [5, 5.41) is 0. The van der Waals surface area contributed by atoms with E-state index in [0.29, 0.717) is 12.5 Å². The van der Waals surface area contributed by atoms with Crippen LogP contribution in [0.4, 0.5) is 23.0 Å². The van der Waals surface area contributed by atoms with Gasteiger partial charge in [0, 0.05) is 18.0 Å². The van der Waals surface area contributed by atoms with Crippen molar-refractivity contribution in [1.29, 1.82) is 0 Å². The number of hydrogen-bond acceptors (Lipinski definition) is 5. The summed E-state index contributed by atoms with van der Waals surface area (Å²) in [6.07, 6.45) is 1.54. The van der Waals surface area contributed by atoms with Crippen molar-refractivity contribution in [1.82, 2.24) is 9.97 Å². The minimum atomic E-state index is -0.336. The van der Waals surface area contributed by atoms with E-state index in [-0.39, 0.29) is 6.35 Å². The van der Waals surface area contributed by atoms with Crippen molar-refractivity contribution in [2.45, 2.75) is 33.0 Å². The molecule has 0 amide bonds. The van der Waals surface area contributed by atoms with E-state index in [1.54, 1.807) is 0 Å². The van der Waals surface area contributed by atoms with Crippen LogP contribution in [0.1, 0.15) is 32.4 Å². The molecule has 138 valence electrons. The topological polar surface area (TPSA) is 41.5 Å². The first-order chi connectivity index (χ1) is 13.2. The predicted octanol–water partition coefficient (Wildman–Crippen LogP) is 5.21. The molecule has 0 radical (unpaired) electrons. The number of ether oxygens (including phenoxy) is 1. The van der Waals surface area contributed by atoms with Gasteiger partial charge in [-0.2, -0.15) is 0 Å². The van der Waals surface area contributed by atoms with Crippen LogP contribution in [0.25, 0.3) is 0 Å². The van der Waals surface area contributed by atoms with Crippen molar-refractivity contribution >= 4 is 23.0 Å². The second-order valence-corrected chi connectivity index (χ2v) is 6.79. The Morgan fingerprint density at radius 1 is 0.889 bits per heavy atom. The summed E-state index contributed by atoms with van der Waals surface area (Å²) in [4.78, 5) is 14.0. The Kier molecular flexibility index (Phi) is 4.77. The Hall–Kier alpha value is -2.92. The van der Waals surface area contributed by atoms with Gasteiger partial charge in [0.05, 0.1) is 11.9 Å². The van der Waals surface area contributed by atoms with E-state index in [1.165, 1.54) is 0 Å². The molecule has 0 spiro atoms. The van der Waals surface area contributed by atoms with Gasteiger partial charge >= 0.3 is 0 Å². The molecular weight excluding hydrogens is 336 g/mol. The maximum absolute atomic E-state index is 6.19. The van der Waals surface area contributed by atoms with Gasteiger partial charge in [0.2, 0.25) is 6.35 Å². The lowest BCUT2D eigenvalue weighted by molar-refractivity contribution is 0.0767. The van der Waals surface area contributed by atoms with E-state index in [2.05, 4.69) is 47.9 Å². The number of rotatable bonds is 5. The van der Waals surface area contributed by atoms with E-state index in [0.717, 1.165) is 28.7 Å². The summed E-state index contributed by atoms with van der Waals surface area (Å²) >= 11 is 0. The van der Waals surface area contributed by atoms with Crippen LogP contribution in [0, 0.1) is 0 Å². The third-order valence-electron chi connectivity index (χ3n) is 4.63. The van der Waals surface area contributed by atoms with Gasteiger partial charge in [-0.3, -0.25) is 9.80 Å². The van der Waals surface area contributed by atoms with Crippen LogP contribution in [0.3, 0.4) is 0 Å². The van der Waals surface area contributed by atoms with Crippen LogP contribution in [-0.2, 0) is 4.74 Å². The minimum Gasteiger partial charge on any atom is -0.340 e. The van der Waals surface area contributed by atoms with Crippen molar-refractivity contribution in [2.75, 3.05) is 16.4 Å². The summed E-state index contributed by atoms with van der Waals surface area (Å²) in [5.41, 5.74) is 3.04. The van der Waals surface area contributed by atoms with Gasteiger partial charge in [-0.25, -0.2) is 9.97 Å². The van der Waals surface area contributed by atoms with E-state index < -0.39 is 0 Å². The quantitative estimate of drug-likeness (QED) is 0.625. The van der Waals surface area contributed by atoms with E-state index in [9.17, 15) is 0 Å². The average Bonchev–Trinajstić information content (AvgIpc) is 3.02. The van der Waals surface area contributed by atoms with Crippen LogP contribution in [0.15, 0.2) is 66.9 Å². The molecule has 2 aromatic carbocycles. The number of para-hydroxylation sites is 2. The first kappa shape index (κ1) is 17.5. The molecule has 0 bridgehead atoms. The molecule has 3 aromatic rings. The molecule has 1 unspecified atom stereocenters. The minimum absolute atomic E-state index is 0.303. The Morgan fingerprint density at radius 3 is 1.96 bits per heavy atom. The summed E-state index contributed by atoms with van der Waals surface area (Å²) in [6.45, 7) is 6.86. The molecule has 1 aliphatic rings. The molecule has 5 nitrogen and oxygen atoms in total. The molecular formula is C22H24N4O. The van der Waals surface area contributed by atoms with Crippen molar-refractivity contribution in [3.63, 3.8) is 0 Å². The zero-order valence-corrected chi connectivity index (χ0v) is 15.9. The lowest BCUT2D eigenvalue weighted by Crippen LogP contribution is -2.40. The molecule has 1 aliphatic heterocycles. The zero-order chi connectivity index (χ0) is 18.8. The van der Waals surface area contributed by atoms with Crippen molar-refractivity contribution in [3.8, 4) is 0 Å². The molecule has 0 N–H and O–H groups in total. The second-order valence-electron chi connectivity index (χ2n) is 6.79. The molecule has 27 heavy (non-hydrogen) atoms. The highest BCUT2D eigenvalue weighted by atomic mass is 16.5. The molecule has 0 saturated heterocycles. The van der Waals surface area contributed by atoms with Gasteiger partial charge < -0.3 is 4.74 Å². The molecule has 0 saturated carbocycles. The van der Waals surface area contributed by atoms with Crippen molar-refractivity contribution < 1.29 is 4.74 Å². The smallest absolute Gasteiger partial charge is 0.221 e. The van der Waals surface area contributed by atoms with E-state index in [4.69, 9.17) is 14.7 Å². The standard InChI is InChI=1S/C22H24N4O/c1-4-27-22-25(17-11-7-5-8-12-17)20-21(24-19(15-23-20)16(2)3)26(22)18-13-9-6-10-14-18/h5-16,22H,4H2,1-3H3. The van der Waals surface area contributed by atoms with Crippen LogP contribution in [-0.4, -0.2) is 22.9 Å². The summed E-state index contributed by atoms with van der Waals surface area (Å²) in [6, 6.07) is 20.4. The van der Waals surface area contributed by atoms with Crippen molar-refractivity contribution in [3.05, 3.63) is 72.6 Å². The number of anilines is 4. The van der Waals surface area contributed by atoms with E-state index >= 15 is 0 Å². The molecule has 5 heteroatoms. The second kappa shape index (κ2) is 7.37. The fraction of sp³-hybridized carbons (Fsp3) is 0.273. The lowest BCUT2D eigenvalue weighted by Gasteiger charge is -2.31. The molecule has 1 aromatic heterocycles. The Bertz CT molecular complexity index is 899. The number of hydrogen-bond donors (Lipinski definition) is 0.